The van der Waals surface area contributed by atoms with Crippen LogP contribution in [0, 0.1) is 5.82 Å². The molecule has 0 aliphatic carbocycles. The molecular weight excluding hydrogens is 500 g/mol. The number of ether oxygens (including phenoxy) is 3. The molecule has 0 amide bonds. The van der Waals surface area contributed by atoms with Gasteiger partial charge in [-0.1, -0.05) is 12.1 Å². The predicted molar refractivity (Wildman–Crippen MR) is 120 cm³/mol. The number of aromatic nitrogens is 4. The number of carbonyl (C=O) groups excluding carboxylic acids is 1. The van der Waals surface area contributed by atoms with E-state index in [1.807, 2.05) is 0 Å². The van der Waals surface area contributed by atoms with Crippen molar-refractivity contribution in [1.29, 1.82) is 0 Å². The first kappa shape index (κ1) is 24.5. The van der Waals surface area contributed by atoms with Crippen molar-refractivity contribution in [2.45, 2.75) is 37.9 Å². The predicted octanol–water partition coefficient (Wildman–Crippen LogP) is 3.29. The molecule has 2 N–H and O–H groups in total. The molecule has 5 rings (SSSR count). The average Bonchev–Trinajstić information content (AvgIpc) is 3.49. The molecule has 192 valence electrons. The van der Waals surface area contributed by atoms with Crippen LogP contribution < -0.4 is 5.73 Å². The molecule has 5 atom stereocenters. The first-order valence-electron chi connectivity index (χ1n) is 11.1. The standard InChI is InChI=1S/C21H23FN5O8P/c1-12(27-11-26-18-19(23)24-10-25-20(18)27)33-17(16-8-30-21(28)34-16)9-32-36(29)31-6-5-15(35-36)13-3-2-4-14(22)7-13/h2-4,7,10-12,15-17H,5-6,8-9H2,1H3,(H2,23,24,25)/t12-,15+,16+,17-,36?/m1/s1. The molecule has 36 heavy (non-hydrogen) atoms. The van der Waals surface area contributed by atoms with Crippen LogP contribution in [0.4, 0.5) is 15.0 Å². The fraction of sp³-hybridized carbons (Fsp3) is 0.429. The van der Waals surface area contributed by atoms with Crippen molar-refractivity contribution in [2.75, 3.05) is 25.6 Å². The second-order valence-corrected chi connectivity index (χ2v) is 9.71. The zero-order valence-corrected chi connectivity index (χ0v) is 20.0. The van der Waals surface area contributed by atoms with E-state index in [1.54, 1.807) is 17.6 Å². The van der Waals surface area contributed by atoms with E-state index in [4.69, 9.17) is 33.5 Å². The van der Waals surface area contributed by atoms with E-state index in [0.717, 1.165) is 0 Å². The van der Waals surface area contributed by atoms with E-state index in [0.29, 0.717) is 23.1 Å². The summed E-state index contributed by atoms with van der Waals surface area (Å²) in [6.07, 6.45) is -0.887. The molecule has 0 bridgehead atoms. The number of halogens is 1. The molecule has 4 heterocycles. The number of anilines is 1. The summed E-state index contributed by atoms with van der Waals surface area (Å²) < 4.78 is 61.1. The van der Waals surface area contributed by atoms with Crippen LogP contribution >= 0.6 is 7.82 Å². The molecule has 13 nitrogen and oxygen atoms in total. The van der Waals surface area contributed by atoms with Gasteiger partial charge < -0.3 is 19.9 Å². The van der Waals surface area contributed by atoms with Gasteiger partial charge in [-0.15, -0.1) is 0 Å². The largest absolute Gasteiger partial charge is 0.508 e. The van der Waals surface area contributed by atoms with E-state index in [-0.39, 0.29) is 25.6 Å². The summed E-state index contributed by atoms with van der Waals surface area (Å²) in [7, 11) is -4.05. The van der Waals surface area contributed by atoms with E-state index in [2.05, 4.69) is 15.0 Å². The summed E-state index contributed by atoms with van der Waals surface area (Å²) in [5.74, 6) is -0.232. The highest BCUT2D eigenvalue weighted by atomic mass is 31.2. The van der Waals surface area contributed by atoms with E-state index in [1.165, 1.54) is 30.9 Å². The summed E-state index contributed by atoms with van der Waals surface area (Å²) >= 11 is 0. The van der Waals surface area contributed by atoms with Crippen LogP contribution in [-0.2, 0) is 32.3 Å². The number of nitrogen functional groups attached to an aromatic ring is 1. The molecule has 2 aliphatic rings. The SMILES string of the molecule is C[C@@H](O[C@H](COP1(=O)OCC[C@@H](c2cccc(F)c2)O1)[C@@H]1COC(=O)O1)n1cnc2c(N)ncnc21. The molecule has 0 spiro atoms. The number of nitrogens with zero attached hydrogens (tertiary/aromatic N) is 4. The summed E-state index contributed by atoms with van der Waals surface area (Å²) in [4.78, 5) is 23.9. The number of imidazole rings is 1. The second kappa shape index (κ2) is 10.1. The lowest BCUT2D eigenvalue weighted by molar-refractivity contribution is -0.110. The number of cyclic esters (lactones) is 2. The van der Waals surface area contributed by atoms with Crippen molar-refractivity contribution in [3.8, 4) is 0 Å². The smallest absolute Gasteiger partial charge is 0.430 e. The van der Waals surface area contributed by atoms with Gasteiger partial charge in [0.25, 0.3) is 0 Å². The fourth-order valence-corrected chi connectivity index (χ4v) is 5.28. The van der Waals surface area contributed by atoms with Gasteiger partial charge in [-0.3, -0.25) is 18.1 Å². The molecule has 2 saturated heterocycles. The van der Waals surface area contributed by atoms with Gasteiger partial charge in [0.2, 0.25) is 0 Å². The van der Waals surface area contributed by atoms with Crippen molar-refractivity contribution >= 4 is 31.0 Å². The number of hydrogen-bond acceptors (Lipinski definition) is 12. The van der Waals surface area contributed by atoms with Gasteiger partial charge in [0.05, 0.1) is 25.6 Å². The fourth-order valence-electron chi connectivity index (χ4n) is 3.89. The van der Waals surface area contributed by atoms with Crippen LogP contribution in [-0.4, -0.2) is 57.7 Å². The molecule has 2 aliphatic heterocycles. The van der Waals surface area contributed by atoms with Gasteiger partial charge in [-0.25, -0.2) is 28.7 Å². The quantitative estimate of drug-likeness (QED) is 0.340. The van der Waals surface area contributed by atoms with Crippen molar-refractivity contribution < 1.29 is 41.5 Å². The summed E-state index contributed by atoms with van der Waals surface area (Å²) in [5, 5.41) is 0. The molecule has 2 aromatic heterocycles. The molecule has 0 radical (unpaired) electrons. The molecule has 1 unspecified atom stereocenters. The number of hydrogen-bond donors (Lipinski definition) is 1. The van der Waals surface area contributed by atoms with Crippen LogP contribution in [0.5, 0.6) is 0 Å². The Morgan fingerprint density at radius 1 is 1.33 bits per heavy atom. The Balaban J connectivity index is 1.30. The van der Waals surface area contributed by atoms with Gasteiger partial charge in [0.1, 0.15) is 36.6 Å². The van der Waals surface area contributed by atoms with Crippen LogP contribution in [0.3, 0.4) is 0 Å². The topological polar surface area (TPSA) is 159 Å². The highest BCUT2D eigenvalue weighted by molar-refractivity contribution is 7.48. The zero-order valence-electron chi connectivity index (χ0n) is 19.1. The lowest BCUT2D eigenvalue weighted by atomic mass is 10.1. The number of carbonyl (C=O) groups is 1. The van der Waals surface area contributed by atoms with E-state index >= 15 is 0 Å². The van der Waals surface area contributed by atoms with Crippen LogP contribution in [0.25, 0.3) is 11.2 Å². The van der Waals surface area contributed by atoms with E-state index < -0.39 is 44.3 Å². The molecule has 0 saturated carbocycles. The normalized spacial score (nSPS) is 25.9. The lowest BCUT2D eigenvalue weighted by Crippen LogP contribution is -2.37. The molecule has 1 aromatic carbocycles. The Labute approximate surface area is 204 Å². The second-order valence-electron chi connectivity index (χ2n) is 8.09. The summed E-state index contributed by atoms with van der Waals surface area (Å²) in [6.45, 7) is 1.35. The minimum absolute atomic E-state index is 0.0735. The van der Waals surface area contributed by atoms with Crippen molar-refractivity contribution in [3.63, 3.8) is 0 Å². The van der Waals surface area contributed by atoms with Crippen molar-refractivity contribution in [3.05, 3.63) is 48.3 Å². The first-order chi connectivity index (χ1) is 17.3. The van der Waals surface area contributed by atoms with Crippen LogP contribution in [0.1, 0.15) is 31.2 Å². The minimum Gasteiger partial charge on any atom is -0.430 e. The van der Waals surface area contributed by atoms with E-state index in [9.17, 15) is 13.8 Å². The maximum atomic E-state index is 13.7. The lowest BCUT2D eigenvalue weighted by Gasteiger charge is -2.31. The maximum Gasteiger partial charge on any atom is 0.508 e. The number of benzene rings is 1. The highest BCUT2D eigenvalue weighted by Crippen LogP contribution is 2.57. The number of fused-ring (bicyclic) bond motifs is 1. The zero-order chi connectivity index (χ0) is 25.3. The minimum atomic E-state index is -4.05. The maximum absolute atomic E-state index is 13.7. The number of phosphoric ester groups is 1. The third-order valence-electron chi connectivity index (χ3n) is 5.68. The number of nitrogens with two attached hydrogens (primary N) is 1. The average molecular weight is 523 g/mol. The Hall–Kier alpha value is -3.16. The summed E-state index contributed by atoms with van der Waals surface area (Å²) in [5.41, 5.74) is 7.19. The molecule has 3 aromatic rings. The first-order valence-corrected chi connectivity index (χ1v) is 12.5. The van der Waals surface area contributed by atoms with Gasteiger partial charge in [0, 0.05) is 6.42 Å². The Bertz CT molecular complexity index is 1310. The van der Waals surface area contributed by atoms with Crippen molar-refractivity contribution in [1.82, 2.24) is 19.5 Å². The molecule has 15 heteroatoms. The summed E-state index contributed by atoms with van der Waals surface area (Å²) in [6, 6.07) is 5.80. The molecule has 2 fully saturated rings. The van der Waals surface area contributed by atoms with Gasteiger partial charge >= 0.3 is 14.0 Å². The Morgan fingerprint density at radius 2 is 2.19 bits per heavy atom. The third-order valence-corrected chi connectivity index (χ3v) is 7.16. The third kappa shape index (κ3) is 5.18. The van der Waals surface area contributed by atoms with Gasteiger partial charge in [0.15, 0.2) is 17.6 Å². The van der Waals surface area contributed by atoms with Crippen LogP contribution in [0.15, 0.2) is 36.9 Å². The Kier molecular flexibility index (Phi) is 6.86. The van der Waals surface area contributed by atoms with Gasteiger partial charge in [-0.05, 0) is 24.6 Å². The highest BCUT2D eigenvalue weighted by Gasteiger charge is 2.41. The monoisotopic (exact) mass is 523 g/mol. The molecular formula is C21H23FN5O8P. The van der Waals surface area contributed by atoms with Crippen LogP contribution in [0.2, 0.25) is 0 Å². The van der Waals surface area contributed by atoms with Crippen molar-refractivity contribution in [2.24, 2.45) is 0 Å². The Morgan fingerprint density at radius 3 is 2.97 bits per heavy atom. The number of rotatable bonds is 8. The number of phosphoric acid groups is 1. The van der Waals surface area contributed by atoms with Gasteiger partial charge in [-0.2, -0.15) is 0 Å².